The maximum Gasteiger partial charge on any atom is 0.244 e. The van der Waals surface area contributed by atoms with Gasteiger partial charge in [0.25, 0.3) is 0 Å². The summed E-state index contributed by atoms with van der Waals surface area (Å²) in [7, 11) is 0. The molecule has 0 aromatic carbocycles. The standard InChI is InChI=1S/C18H27N3O2S/c1-13(16(23)21-10-6-5-7-11-21)20-15(22)9-8-14-12-19-17(24-14)18(2,3)4/h8-9,12-13H,5-7,10-11H2,1-4H3,(H,20,22)/b9-8-/t13-/m0/s1. The van der Waals surface area contributed by atoms with E-state index in [1.807, 2.05) is 4.90 Å². The second-order valence-corrected chi connectivity index (χ2v) is 8.33. The Kier molecular flexibility index (Phi) is 6.15. The topological polar surface area (TPSA) is 62.3 Å². The number of aromatic nitrogens is 1. The third-order valence-electron chi connectivity index (χ3n) is 3.96. The Morgan fingerprint density at radius 1 is 1.29 bits per heavy atom. The minimum absolute atomic E-state index is 0.00394. The number of hydrogen-bond donors (Lipinski definition) is 1. The van der Waals surface area contributed by atoms with E-state index in [0.717, 1.165) is 35.8 Å². The average Bonchev–Trinajstić information content (AvgIpc) is 3.02. The van der Waals surface area contributed by atoms with E-state index in [9.17, 15) is 9.59 Å². The molecule has 5 nitrogen and oxygen atoms in total. The van der Waals surface area contributed by atoms with Crippen LogP contribution in [0.2, 0.25) is 0 Å². The second kappa shape index (κ2) is 7.92. The predicted octanol–water partition coefficient (Wildman–Crippen LogP) is 2.97. The highest BCUT2D eigenvalue weighted by Gasteiger charge is 2.22. The molecule has 1 atom stereocenters. The molecule has 132 valence electrons. The van der Waals surface area contributed by atoms with Gasteiger partial charge in [0.15, 0.2) is 0 Å². The summed E-state index contributed by atoms with van der Waals surface area (Å²) in [5.41, 5.74) is 0.00832. The lowest BCUT2D eigenvalue weighted by atomic mass is 9.98. The monoisotopic (exact) mass is 349 g/mol. The van der Waals surface area contributed by atoms with Crippen molar-refractivity contribution in [1.82, 2.24) is 15.2 Å². The van der Waals surface area contributed by atoms with Crippen LogP contribution < -0.4 is 5.32 Å². The molecule has 0 spiro atoms. The number of amides is 2. The molecule has 0 saturated carbocycles. The number of carbonyl (C=O) groups is 2. The summed E-state index contributed by atoms with van der Waals surface area (Å²) in [5, 5.41) is 3.79. The molecule has 2 heterocycles. The largest absolute Gasteiger partial charge is 0.341 e. The summed E-state index contributed by atoms with van der Waals surface area (Å²) in [6.07, 6.45) is 8.28. The summed E-state index contributed by atoms with van der Waals surface area (Å²) in [6.45, 7) is 9.67. The van der Waals surface area contributed by atoms with E-state index >= 15 is 0 Å². The maximum absolute atomic E-state index is 12.3. The SMILES string of the molecule is C[C@H](NC(=O)/C=C\c1cnc(C(C)(C)C)s1)C(=O)N1CCCCC1. The Labute approximate surface area is 148 Å². The molecule has 6 heteroatoms. The first-order chi connectivity index (χ1) is 11.3. The first-order valence-electron chi connectivity index (χ1n) is 8.51. The van der Waals surface area contributed by atoms with E-state index < -0.39 is 6.04 Å². The van der Waals surface area contributed by atoms with Crippen molar-refractivity contribution >= 4 is 29.2 Å². The highest BCUT2D eigenvalue weighted by atomic mass is 32.1. The van der Waals surface area contributed by atoms with Crippen molar-refractivity contribution in [3.63, 3.8) is 0 Å². The molecule has 1 aliphatic rings. The summed E-state index contributed by atoms with van der Waals surface area (Å²) >= 11 is 1.58. The van der Waals surface area contributed by atoms with Gasteiger partial charge in [0, 0.05) is 35.7 Å². The zero-order chi connectivity index (χ0) is 17.7. The van der Waals surface area contributed by atoms with Gasteiger partial charge in [-0.15, -0.1) is 11.3 Å². The number of likely N-dealkylation sites (tertiary alicyclic amines) is 1. The van der Waals surface area contributed by atoms with Gasteiger partial charge in [0.1, 0.15) is 6.04 Å². The lowest BCUT2D eigenvalue weighted by molar-refractivity contribution is -0.135. The zero-order valence-corrected chi connectivity index (χ0v) is 15.8. The fraction of sp³-hybridized carbons (Fsp3) is 0.611. The third kappa shape index (κ3) is 5.16. The van der Waals surface area contributed by atoms with Crippen molar-refractivity contribution in [3.8, 4) is 0 Å². The number of thiazole rings is 1. The van der Waals surface area contributed by atoms with Crippen LogP contribution in [-0.4, -0.2) is 40.8 Å². The number of carbonyl (C=O) groups excluding carboxylic acids is 2. The minimum atomic E-state index is -0.494. The lowest BCUT2D eigenvalue weighted by Gasteiger charge is -2.29. The molecule has 1 aromatic rings. The number of nitrogens with one attached hydrogen (secondary N) is 1. The quantitative estimate of drug-likeness (QED) is 0.850. The number of hydrogen-bond acceptors (Lipinski definition) is 4. The van der Waals surface area contributed by atoms with E-state index in [2.05, 4.69) is 31.1 Å². The minimum Gasteiger partial charge on any atom is -0.341 e. The summed E-state index contributed by atoms with van der Waals surface area (Å²) < 4.78 is 0. The van der Waals surface area contributed by atoms with Crippen molar-refractivity contribution in [3.05, 3.63) is 22.2 Å². The fourth-order valence-corrected chi connectivity index (χ4v) is 3.46. The summed E-state index contributed by atoms with van der Waals surface area (Å²) in [6, 6.07) is -0.494. The van der Waals surface area contributed by atoms with Gasteiger partial charge in [-0.2, -0.15) is 0 Å². The molecular weight excluding hydrogens is 322 g/mol. The third-order valence-corrected chi connectivity index (χ3v) is 5.35. The van der Waals surface area contributed by atoms with Gasteiger partial charge in [-0.25, -0.2) is 4.98 Å². The lowest BCUT2D eigenvalue weighted by Crippen LogP contribution is -2.48. The second-order valence-electron chi connectivity index (χ2n) is 7.27. The van der Waals surface area contributed by atoms with E-state index in [0.29, 0.717) is 0 Å². The normalized spacial score (nSPS) is 17.1. The molecule has 1 aromatic heterocycles. The van der Waals surface area contributed by atoms with E-state index in [1.165, 1.54) is 12.5 Å². The van der Waals surface area contributed by atoms with Gasteiger partial charge in [0.05, 0.1) is 5.01 Å². The van der Waals surface area contributed by atoms with Crippen LogP contribution in [0.5, 0.6) is 0 Å². The van der Waals surface area contributed by atoms with Crippen LogP contribution in [0.4, 0.5) is 0 Å². The van der Waals surface area contributed by atoms with Gasteiger partial charge in [-0.1, -0.05) is 20.8 Å². The van der Waals surface area contributed by atoms with Crippen molar-refractivity contribution in [2.24, 2.45) is 0 Å². The number of rotatable bonds is 4. The van der Waals surface area contributed by atoms with Crippen molar-refractivity contribution in [2.75, 3.05) is 13.1 Å². The molecule has 0 radical (unpaired) electrons. The van der Waals surface area contributed by atoms with Crippen LogP contribution >= 0.6 is 11.3 Å². The maximum atomic E-state index is 12.3. The van der Waals surface area contributed by atoms with E-state index in [-0.39, 0.29) is 17.2 Å². The molecule has 24 heavy (non-hydrogen) atoms. The predicted molar refractivity (Wildman–Crippen MR) is 97.9 cm³/mol. The Morgan fingerprint density at radius 2 is 1.96 bits per heavy atom. The van der Waals surface area contributed by atoms with Gasteiger partial charge >= 0.3 is 0 Å². The summed E-state index contributed by atoms with van der Waals surface area (Å²) in [5.74, 6) is -0.247. The molecule has 1 saturated heterocycles. The molecule has 0 unspecified atom stereocenters. The van der Waals surface area contributed by atoms with Crippen molar-refractivity contribution in [1.29, 1.82) is 0 Å². The fourth-order valence-electron chi connectivity index (χ4n) is 2.58. The van der Waals surface area contributed by atoms with Crippen LogP contribution in [0.1, 0.15) is 56.8 Å². The van der Waals surface area contributed by atoms with Gasteiger partial charge in [-0.3, -0.25) is 9.59 Å². The van der Waals surface area contributed by atoms with Crippen LogP contribution in [0.25, 0.3) is 6.08 Å². The molecule has 2 rings (SSSR count). The zero-order valence-electron chi connectivity index (χ0n) is 15.0. The highest BCUT2D eigenvalue weighted by Crippen LogP contribution is 2.27. The molecular formula is C18H27N3O2S. The molecule has 1 aliphatic heterocycles. The highest BCUT2D eigenvalue weighted by molar-refractivity contribution is 7.12. The summed E-state index contributed by atoms with van der Waals surface area (Å²) in [4.78, 5) is 31.5. The smallest absolute Gasteiger partial charge is 0.244 e. The van der Waals surface area contributed by atoms with Crippen LogP contribution in [0, 0.1) is 0 Å². The average molecular weight is 350 g/mol. The molecule has 1 fully saturated rings. The van der Waals surface area contributed by atoms with Crippen LogP contribution in [0.3, 0.4) is 0 Å². The van der Waals surface area contributed by atoms with Gasteiger partial charge < -0.3 is 10.2 Å². The van der Waals surface area contributed by atoms with Crippen LogP contribution in [0.15, 0.2) is 12.3 Å². The number of piperidine rings is 1. The first kappa shape index (κ1) is 18.6. The molecule has 0 aliphatic carbocycles. The van der Waals surface area contributed by atoms with Crippen LogP contribution in [-0.2, 0) is 15.0 Å². The Bertz CT molecular complexity index is 610. The van der Waals surface area contributed by atoms with E-state index in [1.54, 1.807) is 30.5 Å². The molecule has 2 amide bonds. The first-order valence-corrected chi connectivity index (χ1v) is 9.32. The Morgan fingerprint density at radius 3 is 2.54 bits per heavy atom. The molecule has 0 bridgehead atoms. The Hall–Kier alpha value is -1.69. The van der Waals surface area contributed by atoms with Gasteiger partial charge in [-0.05, 0) is 32.3 Å². The van der Waals surface area contributed by atoms with Crippen molar-refractivity contribution in [2.45, 2.75) is 58.4 Å². The number of nitrogens with zero attached hydrogens (tertiary/aromatic N) is 2. The van der Waals surface area contributed by atoms with Gasteiger partial charge in [0.2, 0.25) is 11.8 Å². The van der Waals surface area contributed by atoms with E-state index in [4.69, 9.17) is 0 Å². The molecule has 1 N–H and O–H groups in total. The Balaban J connectivity index is 1.87. The van der Waals surface area contributed by atoms with Crippen molar-refractivity contribution < 1.29 is 9.59 Å².